The quantitative estimate of drug-likeness (QED) is 0.325. The van der Waals surface area contributed by atoms with E-state index in [0.717, 1.165) is 0 Å². The monoisotopic (exact) mass is 467 g/mol. The van der Waals surface area contributed by atoms with Crippen molar-refractivity contribution in [2.45, 2.75) is 58.0 Å². The second kappa shape index (κ2) is 10.3. The lowest BCUT2D eigenvalue weighted by Crippen LogP contribution is -2.45. The molecule has 0 saturated heterocycles. The Bertz CT molecular complexity index is 908. The number of aliphatic hydroxyl groups is 1. The zero-order chi connectivity index (χ0) is 23.4. The Labute approximate surface area is 190 Å². The summed E-state index contributed by atoms with van der Waals surface area (Å²) in [6, 6.07) is 8.69. The van der Waals surface area contributed by atoms with Crippen LogP contribution in [0.5, 0.6) is 0 Å². The van der Waals surface area contributed by atoms with Gasteiger partial charge in [-0.3, -0.25) is 0 Å². The fourth-order valence-electron chi connectivity index (χ4n) is 2.60. The SMILES string of the molecule is C[C@@H](Nc1ccc(C=Cc2c(F)cccc2Cl)cc1F)[C@@H](O)CO[Si](C)(C)C(C)(C)C. The number of nitrogens with one attached hydrogen (secondary N) is 1. The van der Waals surface area contributed by atoms with Crippen LogP contribution in [0.25, 0.3) is 12.2 Å². The van der Waals surface area contributed by atoms with Crippen LogP contribution in [0.2, 0.25) is 23.2 Å². The molecule has 0 amide bonds. The van der Waals surface area contributed by atoms with Crippen molar-refractivity contribution in [3.05, 3.63) is 64.2 Å². The molecular formula is C24H32ClF2NO2Si. The summed E-state index contributed by atoms with van der Waals surface area (Å²) >= 11 is 6.01. The molecule has 3 nitrogen and oxygen atoms in total. The maximum atomic E-state index is 14.6. The Kier molecular flexibility index (Phi) is 8.45. The predicted octanol–water partition coefficient (Wildman–Crippen LogP) is 6.97. The highest BCUT2D eigenvalue weighted by molar-refractivity contribution is 6.74. The van der Waals surface area contributed by atoms with Gasteiger partial charge < -0.3 is 14.8 Å². The third-order valence-electron chi connectivity index (χ3n) is 5.82. The molecule has 0 aliphatic carbocycles. The average molecular weight is 468 g/mol. The zero-order valence-electron chi connectivity index (χ0n) is 19.0. The number of anilines is 1. The lowest BCUT2D eigenvalue weighted by molar-refractivity contribution is 0.0883. The van der Waals surface area contributed by atoms with Gasteiger partial charge in [-0.15, -0.1) is 0 Å². The van der Waals surface area contributed by atoms with Crippen LogP contribution in [0.1, 0.15) is 38.8 Å². The van der Waals surface area contributed by atoms with Gasteiger partial charge in [-0.1, -0.05) is 50.6 Å². The molecule has 0 aliphatic heterocycles. The van der Waals surface area contributed by atoms with Crippen LogP contribution < -0.4 is 5.32 Å². The lowest BCUT2D eigenvalue weighted by atomic mass is 10.1. The molecule has 0 heterocycles. The van der Waals surface area contributed by atoms with E-state index in [1.165, 1.54) is 24.3 Å². The van der Waals surface area contributed by atoms with Crippen LogP contribution in [0, 0.1) is 11.6 Å². The smallest absolute Gasteiger partial charge is 0.192 e. The summed E-state index contributed by atoms with van der Waals surface area (Å²) in [5.41, 5.74) is 1.10. The molecule has 0 aliphatic rings. The van der Waals surface area contributed by atoms with Gasteiger partial charge in [-0.2, -0.15) is 0 Å². The molecule has 0 unspecified atom stereocenters. The van der Waals surface area contributed by atoms with Gasteiger partial charge in [0.05, 0.1) is 29.5 Å². The van der Waals surface area contributed by atoms with E-state index >= 15 is 0 Å². The Morgan fingerprint density at radius 2 is 1.81 bits per heavy atom. The van der Waals surface area contributed by atoms with Gasteiger partial charge in [0.1, 0.15) is 11.6 Å². The van der Waals surface area contributed by atoms with Gasteiger partial charge in [0.25, 0.3) is 0 Å². The normalized spacial score (nSPS) is 14.6. The molecule has 31 heavy (non-hydrogen) atoms. The van der Waals surface area contributed by atoms with E-state index in [1.54, 1.807) is 31.2 Å². The van der Waals surface area contributed by atoms with Crippen LogP contribution in [0.4, 0.5) is 14.5 Å². The molecule has 0 fully saturated rings. The van der Waals surface area contributed by atoms with Crippen molar-refractivity contribution in [1.82, 2.24) is 0 Å². The van der Waals surface area contributed by atoms with Crippen molar-refractivity contribution in [2.75, 3.05) is 11.9 Å². The maximum Gasteiger partial charge on any atom is 0.192 e. The highest BCUT2D eigenvalue weighted by Crippen LogP contribution is 2.36. The highest BCUT2D eigenvalue weighted by atomic mass is 35.5. The molecule has 0 aromatic heterocycles. The number of hydrogen-bond donors (Lipinski definition) is 2. The minimum Gasteiger partial charge on any atom is -0.414 e. The van der Waals surface area contributed by atoms with Crippen LogP contribution >= 0.6 is 11.6 Å². The molecular weight excluding hydrogens is 436 g/mol. The molecule has 0 spiro atoms. The van der Waals surface area contributed by atoms with Crippen molar-refractivity contribution in [3.8, 4) is 0 Å². The summed E-state index contributed by atoms with van der Waals surface area (Å²) < 4.78 is 34.5. The molecule has 0 radical (unpaired) electrons. The molecule has 2 N–H and O–H groups in total. The van der Waals surface area contributed by atoms with Gasteiger partial charge in [-0.05, 0) is 61.0 Å². The van der Waals surface area contributed by atoms with E-state index in [4.69, 9.17) is 16.0 Å². The van der Waals surface area contributed by atoms with E-state index in [-0.39, 0.29) is 27.9 Å². The van der Waals surface area contributed by atoms with E-state index in [0.29, 0.717) is 5.56 Å². The number of hydrogen-bond acceptors (Lipinski definition) is 3. The summed E-state index contributed by atoms with van der Waals surface area (Å²) in [6.45, 7) is 12.6. The van der Waals surface area contributed by atoms with Gasteiger partial charge in [0.15, 0.2) is 8.32 Å². The fourth-order valence-corrected chi connectivity index (χ4v) is 3.84. The maximum absolute atomic E-state index is 14.6. The second-order valence-corrected chi connectivity index (χ2v) is 14.5. The first-order valence-corrected chi connectivity index (χ1v) is 13.6. The average Bonchev–Trinajstić information content (AvgIpc) is 2.66. The molecule has 7 heteroatoms. The van der Waals surface area contributed by atoms with Crippen LogP contribution in [-0.2, 0) is 4.43 Å². The van der Waals surface area contributed by atoms with Gasteiger partial charge in [0.2, 0.25) is 0 Å². The first kappa shape index (κ1) is 25.5. The van der Waals surface area contributed by atoms with Gasteiger partial charge in [0, 0.05) is 5.56 Å². The van der Waals surface area contributed by atoms with E-state index in [1.807, 2.05) is 0 Å². The standard InChI is InChI=1S/C24H32ClF2NO2Si/c1-16(23(29)15-30-31(5,6)24(2,3)4)28-22-13-11-17(14-21(22)27)10-12-18-19(25)8-7-9-20(18)26/h7-14,16,23,28-29H,15H2,1-6H3/t16-,23+/m1/s1. The van der Waals surface area contributed by atoms with E-state index in [9.17, 15) is 13.9 Å². The minimum atomic E-state index is -1.97. The largest absolute Gasteiger partial charge is 0.414 e. The summed E-state index contributed by atoms with van der Waals surface area (Å²) in [7, 11) is -1.97. The van der Waals surface area contributed by atoms with Crippen molar-refractivity contribution in [2.24, 2.45) is 0 Å². The number of benzene rings is 2. The van der Waals surface area contributed by atoms with Crippen molar-refractivity contribution in [1.29, 1.82) is 0 Å². The van der Waals surface area contributed by atoms with Crippen LogP contribution in [-0.4, -0.2) is 32.2 Å². The van der Waals surface area contributed by atoms with E-state index < -0.39 is 32.1 Å². The molecule has 2 atom stereocenters. The Balaban J connectivity index is 2.02. The summed E-state index contributed by atoms with van der Waals surface area (Å²) in [5.74, 6) is -0.906. The number of aliphatic hydroxyl groups excluding tert-OH is 1. The van der Waals surface area contributed by atoms with E-state index in [2.05, 4.69) is 39.2 Å². The lowest BCUT2D eigenvalue weighted by Gasteiger charge is -2.37. The first-order valence-electron chi connectivity index (χ1n) is 10.3. The van der Waals surface area contributed by atoms with Crippen molar-refractivity contribution >= 4 is 37.8 Å². The summed E-state index contributed by atoms with van der Waals surface area (Å²) in [5, 5.41) is 13.8. The Morgan fingerprint density at radius 3 is 2.39 bits per heavy atom. The first-order chi connectivity index (χ1) is 14.3. The molecule has 2 rings (SSSR count). The topological polar surface area (TPSA) is 41.5 Å². The van der Waals surface area contributed by atoms with Gasteiger partial charge in [-0.25, -0.2) is 8.78 Å². The molecule has 170 valence electrons. The van der Waals surface area contributed by atoms with Crippen molar-refractivity contribution < 1.29 is 18.3 Å². The highest BCUT2D eigenvalue weighted by Gasteiger charge is 2.37. The molecule has 2 aromatic carbocycles. The summed E-state index contributed by atoms with van der Waals surface area (Å²) in [6.07, 6.45) is 2.34. The fraction of sp³-hybridized carbons (Fsp3) is 0.417. The Morgan fingerprint density at radius 1 is 1.13 bits per heavy atom. The Hall–Kier alpha value is -1.73. The molecule has 2 aromatic rings. The third kappa shape index (κ3) is 6.87. The second-order valence-electron chi connectivity index (χ2n) is 9.28. The van der Waals surface area contributed by atoms with Gasteiger partial charge >= 0.3 is 0 Å². The number of rotatable bonds is 8. The van der Waals surface area contributed by atoms with Crippen LogP contribution in [0.15, 0.2) is 36.4 Å². The minimum absolute atomic E-state index is 0.0474. The predicted molar refractivity (Wildman–Crippen MR) is 129 cm³/mol. The summed E-state index contributed by atoms with van der Waals surface area (Å²) in [4.78, 5) is 0. The van der Waals surface area contributed by atoms with Crippen molar-refractivity contribution in [3.63, 3.8) is 0 Å². The van der Waals surface area contributed by atoms with Crippen LogP contribution in [0.3, 0.4) is 0 Å². The molecule has 0 saturated carbocycles. The zero-order valence-corrected chi connectivity index (χ0v) is 20.7. The molecule has 0 bridgehead atoms. The number of halogens is 3. The third-order valence-corrected chi connectivity index (χ3v) is 10.6.